The summed E-state index contributed by atoms with van der Waals surface area (Å²) in [7, 11) is -3.21. The lowest BCUT2D eigenvalue weighted by molar-refractivity contribution is 0.0553. The van der Waals surface area contributed by atoms with Gasteiger partial charge in [0.15, 0.2) is 9.84 Å². The Morgan fingerprint density at radius 2 is 2.00 bits per heavy atom. The fourth-order valence-corrected chi connectivity index (χ4v) is 1.87. The van der Waals surface area contributed by atoms with Gasteiger partial charge in [-0.2, -0.15) is 0 Å². The lowest BCUT2D eigenvalue weighted by atomic mass is 10.1. The Balaban J connectivity index is 2.68. The molecule has 96 valence electrons. The van der Waals surface area contributed by atoms with Crippen LogP contribution in [-0.2, 0) is 9.84 Å². The molecule has 0 bridgehead atoms. The quantitative estimate of drug-likeness (QED) is 0.872. The van der Waals surface area contributed by atoms with Gasteiger partial charge in [0.05, 0.1) is 17.1 Å². The van der Waals surface area contributed by atoms with Crippen molar-refractivity contribution in [3.8, 4) is 5.75 Å². The summed E-state index contributed by atoms with van der Waals surface area (Å²) in [4.78, 5) is 0.234. The Bertz CT molecular complexity index is 472. The second-order valence-electron chi connectivity index (χ2n) is 4.66. The van der Waals surface area contributed by atoms with Crippen molar-refractivity contribution in [3.05, 3.63) is 24.3 Å². The minimum Gasteiger partial charge on any atom is -0.493 e. The standard InChI is InChI=1S/C12H18O4S/c1-12(2,13)7-8-16-10-5-4-6-11(9-10)17(3,14)15/h4-6,9,13H,7-8H2,1-3H3. The number of sulfone groups is 1. The SMILES string of the molecule is CC(C)(O)CCOc1cccc(S(C)(=O)=O)c1. The first kappa shape index (κ1) is 14.0. The van der Waals surface area contributed by atoms with Crippen molar-refractivity contribution < 1.29 is 18.3 Å². The smallest absolute Gasteiger partial charge is 0.175 e. The van der Waals surface area contributed by atoms with Gasteiger partial charge in [0.1, 0.15) is 5.75 Å². The second-order valence-corrected chi connectivity index (χ2v) is 6.67. The third-order valence-corrected chi connectivity index (χ3v) is 3.33. The van der Waals surface area contributed by atoms with Crippen molar-refractivity contribution in [2.45, 2.75) is 30.8 Å². The zero-order valence-electron chi connectivity index (χ0n) is 10.3. The van der Waals surface area contributed by atoms with Crippen molar-refractivity contribution in [3.63, 3.8) is 0 Å². The van der Waals surface area contributed by atoms with Crippen LogP contribution >= 0.6 is 0 Å². The normalized spacial score (nSPS) is 12.5. The van der Waals surface area contributed by atoms with Crippen molar-refractivity contribution >= 4 is 9.84 Å². The lowest BCUT2D eigenvalue weighted by Crippen LogP contribution is -2.21. The van der Waals surface area contributed by atoms with Crippen LogP contribution in [0.5, 0.6) is 5.75 Å². The van der Waals surface area contributed by atoms with Gasteiger partial charge in [0.2, 0.25) is 0 Å². The molecule has 5 heteroatoms. The highest BCUT2D eigenvalue weighted by molar-refractivity contribution is 7.90. The summed E-state index contributed by atoms with van der Waals surface area (Å²) in [6.07, 6.45) is 1.64. The first-order chi connectivity index (χ1) is 7.68. The highest BCUT2D eigenvalue weighted by atomic mass is 32.2. The molecule has 0 saturated heterocycles. The van der Waals surface area contributed by atoms with Crippen LogP contribution in [0.1, 0.15) is 20.3 Å². The molecule has 0 heterocycles. The summed E-state index contributed by atoms with van der Waals surface area (Å²) < 4.78 is 28.0. The maximum absolute atomic E-state index is 11.3. The zero-order chi connectivity index (χ0) is 13.1. The molecule has 0 aliphatic rings. The highest BCUT2D eigenvalue weighted by Crippen LogP contribution is 2.18. The van der Waals surface area contributed by atoms with Gasteiger partial charge in [-0.25, -0.2) is 8.42 Å². The fourth-order valence-electron chi connectivity index (χ4n) is 1.21. The van der Waals surface area contributed by atoms with Gasteiger partial charge >= 0.3 is 0 Å². The Kier molecular flexibility index (Phi) is 4.16. The lowest BCUT2D eigenvalue weighted by Gasteiger charge is -2.17. The molecular formula is C12H18O4S. The number of benzene rings is 1. The number of hydrogen-bond acceptors (Lipinski definition) is 4. The van der Waals surface area contributed by atoms with Crippen LogP contribution in [0.3, 0.4) is 0 Å². The van der Waals surface area contributed by atoms with Crippen molar-refractivity contribution in [1.82, 2.24) is 0 Å². The summed E-state index contributed by atoms with van der Waals surface area (Å²) >= 11 is 0. The monoisotopic (exact) mass is 258 g/mol. The Hall–Kier alpha value is -1.07. The summed E-state index contributed by atoms with van der Waals surface area (Å²) in [5, 5.41) is 9.50. The average molecular weight is 258 g/mol. The molecule has 4 nitrogen and oxygen atoms in total. The molecule has 0 saturated carbocycles. The topological polar surface area (TPSA) is 63.6 Å². The predicted molar refractivity (Wildman–Crippen MR) is 66.0 cm³/mol. The summed E-state index contributed by atoms with van der Waals surface area (Å²) in [6.45, 7) is 3.74. The van der Waals surface area contributed by atoms with Gasteiger partial charge < -0.3 is 9.84 Å². The van der Waals surface area contributed by atoms with Gasteiger partial charge in [-0.05, 0) is 32.0 Å². The summed E-state index contributed by atoms with van der Waals surface area (Å²) in [5.74, 6) is 0.497. The minimum absolute atomic E-state index is 0.234. The van der Waals surface area contributed by atoms with Crippen LogP contribution < -0.4 is 4.74 Å². The third-order valence-electron chi connectivity index (χ3n) is 2.22. The zero-order valence-corrected chi connectivity index (χ0v) is 11.1. The van der Waals surface area contributed by atoms with Crippen LogP contribution in [-0.4, -0.2) is 32.0 Å². The van der Waals surface area contributed by atoms with E-state index < -0.39 is 15.4 Å². The van der Waals surface area contributed by atoms with Crippen LogP contribution in [0.2, 0.25) is 0 Å². The van der Waals surface area contributed by atoms with E-state index in [9.17, 15) is 13.5 Å². The molecule has 0 radical (unpaired) electrons. The molecule has 0 unspecified atom stereocenters. The Morgan fingerprint density at radius 1 is 1.35 bits per heavy atom. The highest BCUT2D eigenvalue weighted by Gasteiger charge is 2.12. The summed E-state index contributed by atoms with van der Waals surface area (Å²) in [5.41, 5.74) is -0.783. The molecule has 17 heavy (non-hydrogen) atoms. The van der Waals surface area contributed by atoms with E-state index in [0.717, 1.165) is 6.26 Å². The first-order valence-electron chi connectivity index (χ1n) is 5.34. The molecule has 0 fully saturated rings. The van der Waals surface area contributed by atoms with Gasteiger partial charge in [-0.1, -0.05) is 6.07 Å². The second kappa shape index (κ2) is 5.06. The molecule has 0 aromatic heterocycles. The molecule has 0 amide bonds. The first-order valence-corrected chi connectivity index (χ1v) is 7.23. The summed E-state index contributed by atoms with van der Waals surface area (Å²) in [6, 6.07) is 6.34. The van der Waals surface area contributed by atoms with Crippen LogP contribution in [0.15, 0.2) is 29.2 Å². The number of aliphatic hydroxyl groups is 1. The molecule has 0 spiro atoms. The average Bonchev–Trinajstić information content (AvgIpc) is 2.15. The minimum atomic E-state index is -3.21. The molecular weight excluding hydrogens is 240 g/mol. The van der Waals surface area contributed by atoms with E-state index in [1.165, 1.54) is 12.1 Å². The Labute approximate surface area is 102 Å². The van der Waals surface area contributed by atoms with Crippen molar-refractivity contribution in [1.29, 1.82) is 0 Å². The third kappa shape index (κ3) is 5.19. The molecule has 0 aliphatic heterocycles. The van der Waals surface area contributed by atoms with E-state index in [2.05, 4.69) is 0 Å². The van der Waals surface area contributed by atoms with Gasteiger partial charge in [-0.3, -0.25) is 0 Å². The van der Waals surface area contributed by atoms with Gasteiger partial charge in [0, 0.05) is 12.7 Å². The van der Waals surface area contributed by atoms with Gasteiger partial charge in [-0.15, -0.1) is 0 Å². The number of hydrogen-bond donors (Lipinski definition) is 1. The van der Waals surface area contributed by atoms with E-state index in [4.69, 9.17) is 4.74 Å². The Morgan fingerprint density at radius 3 is 2.53 bits per heavy atom. The van der Waals surface area contributed by atoms with Crippen molar-refractivity contribution in [2.75, 3.05) is 12.9 Å². The largest absolute Gasteiger partial charge is 0.493 e. The molecule has 0 atom stereocenters. The van der Waals surface area contributed by atoms with E-state index in [1.807, 2.05) is 0 Å². The number of ether oxygens (including phenoxy) is 1. The maximum atomic E-state index is 11.3. The van der Waals surface area contributed by atoms with Gasteiger partial charge in [0.25, 0.3) is 0 Å². The van der Waals surface area contributed by atoms with Crippen LogP contribution in [0.25, 0.3) is 0 Å². The molecule has 0 aliphatic carbocycles. The van der Waals surface area contributed by atoms with Crippen molar-refractivity contribution in [2.24, 2.45) is 0 Å². The van der Waals surface area contributed by atoms with E-state index in [1.54, 1.807) is 26.0 Å². The number of rotatable bonds is 5. The van der Waals surface area contributed by atoms with E-state index in [-0.39, 0.29) is 4.90 Å². The fraction of sp³-hybridized carbons (Fsp3) is 0.500. The maximum Gasteiger partial charge on any atom is 0.175 e. The predicted octanol–water partition coefficient (Wildman–Crippen LogP) is 1.63. The van der Waals surface area contributed by atoms with Crippen LogP contribution in [0.4, 0.5) is 0 Å². The molecule has 1 aromatic carbocycles. The molecule has 1 rings (SSSR count). The molecule has 1 N–H and O–H groups in total. The van der Waals surface area contributed by atoms with Crippen LogP contribution in [0, 0.1) is 0 Å². The van der Waals surface area contributed by atoms with E-state index >= 15 is 0 Å². The van der Waals surface area contributed by atoms with E-state index in [0.29, 0.717) is 18.8 Å². The molecule has 1 aromatic rings.